The van der Waals surface area contributed by atoms with E-state index in [1.165, 1.54) is 4.90 Å². The van der Waals surface area contributed by atoms with Gasteiger partial charge in [-0.3, -0.25) is 19.3 Å². The zero-order valence-electron chi connectivity index (χ0n) is 18.2. The molecule has 0 bridgehead atoms. The summed E-state index contributed by atoms with van der Waals surface area (Å²) in [6.45, 7) is 3.98. The first-order chi connectivity index (χ1) is 16.0. The summed E-state index contributed by atoms with van der Waals surface area (Å²) >= 11 is 5.97. The highest BCUT2D eigenvalue weighted by molar-refractivity contribution is 6.30. The second-order valence-corrected chi connectivity index (χ2v) is 8.54. The van der Waals surface area contributed by atoms with Crippen molar-refractivity contribution in [2.75, 3.05) is 56.0 Å². The van der Waals surface area contributed by atoms with Gasteiger partial charge >= 0.3 is 0 Å². The van der Waals surface area contributed by atoms with Gasteiger partial charge in [0.2, 0.25) is 17.7 Å². The number of benzene rings is 1. The average molecular weight is 471 g/mol. The highest BCUT2D eigenvalue weighted by atomic mass is 35.5. The van der Waals surface area contributed by atoms with E-state index >= 15 is 0 Å². The lowest BCUT2D eigenvalue weighted by Crippen LogP contribution is -2.60. The topological polar surface area (TPSA) is 97.9 Å². The number of aromatic nitrogens is 1. The van der Waals surface area contributed by atoms with Crippen LogP contribution in [0.5, 0.6) is 0 Å². The quantitative estimate of drug-likeness (QED) is 0.658. The highest BCUT2D eigenvalue weighted by Gasteiger charge is 2.35. The van der Waals surface area contributed by atoms with Crippen molar-refractivity contribution in [1.29, 1.82) is 0 Å². The summed E-state index contributed by atoms with van der Waals surface area (Å²) in [6.07, 6.45) is 1.66. The van der Waals surface area contributed by atoms with Crippen molar-refractivity contribution >= 4 is 40.8 Å². The van der Waals surface area contributed by atoms with Gasteiger partial charge in [0.25, 0.3) is 0 Å². The van der Waals surface area contributed by atoms with E-state index in [9.17, 15) is 14.4 Å². The number of hydrogen-bond donors (Lipinski definition) is 2. The van der Waals surface area contributed by atoms with E-state index in [0.717, 1.165) is 32.0 Å². The second-order valence-electron chi connectivity index (χ2n) is 8.11. The van der Waals surface area contributed by atoms with Gasteiger partial charge in [-0.2, -0.15) is 0 Å². The summed E-state index contributed by atoms with van der Waals surface area (Å²) < 4.78 is 0. The van der Waals surface area contributed by atoms with Crippen LogP contribution in [0, 0.1) is 0 Å². The summed E-state index contributed by atoms with van der Waals surface area (Å²) in [5.41, 5.74) is 0.548. The standard InChI is InChI=1S/C23H27ClN6O3/c24-17-4-3-5-18(14-17)27-21(31)15-19-23(33)26-8-9-30(19)22(32)16-28-10-12-29(13-11-28)20-6-1-2-7-25-20/h1-7,14,19H,8-13,15-16H2,(H,26,33)(H,27,31)/t19-/m1/s1. The van der Waals surface area contributed by atoms with Crippen molar-refractivity contribution in [3.05, 3.63) is 53.7 Å². The minimum atomic E-state index is -0.833. The maximum absolute atomic E-state index is 13.1. The number of amides is 3. The van der Waals surface area contributed by atoms with Gasteiger partial charge in [-0.1, -0.05) is 23.7 Å². The van der Waals surface area contributed by atoms with Crippen LogP contribution in [0.1, 0.15) is 6.42 Å². The first-order valence-electron chi connectivity index (χ1n) is 11.0. The smallest absolute Gasteiger partial charge is 0.243 e. The maximum Gasteiger partial charge on any atom is 0.243 e. The lowest BCUT2D eigenvalue weighted by Gasteiger charge is -2.38. The highest BCUT2D eigenvalue weighted by Crippen LogP contribution is 2.17. The van der Waals surface area contributed by atoms with Crippen molar-refractivity contribution in [2.24, 2.45) is 0 Å². The molecular formula is C23H27ClN6O3. The van der Waals surface area contributed by atoms with E-state index < -0.39 is 6.04 Å². The van der Waals surface area contributed by atoms with Gasteiger partial charge in [0.05, 0.1) is 13.0 Å². The molecule has 2 fully saturated rings. The van der Waals surface area contributed by atoms with Gasteiger partial charge in [-0.05, 0) is 30.3 Å². The van der Waals surface area contributed by atoms with Crippen LogP contribution in [0.15, 0.2) is 48.7 Å². The summed E-state index contributed by atoms with van der Waals surface area (Å²) in [5.74, 6) is 0.135. The fourth-order valence-corrected chi connectivity index (χ4v) is 4.32. The van der Waals surface area contributed by atoms with E-state index in [2.05, 4.69) is 25.4 Å². The summed E-state index contributed by atoms with van der Waals surface area (Å²) in [6, 6.07) is 11.8. The molecule has 0 saturated carbocycles. The number of nitrogens with one attached hydrogen (secondary N) is 2. The molecule has 0 spiro atoms. The predicted octanol–water partition coefficient (Wildman–Crippen LogP) is 1.21. The molecule has 9 nitrogen and oxygen atoms in total. The third-order valence-corrected chi connectivity index (χ3v) is 6.08. The largest absolute Gasteiger partial charge is 0.354 e. The number of pyridine rings is 1. The second kappa shape index (κ2) is 10.6. The molecule has 3 heterocycles. The van der Waals surface area contributed by atoms with Gasteiger partial charge < -0.3 is 20.4 Å². The number of anilines is 2. The Labute approximate surface area is 197 Å². The molecule has 0 aliphatic carbocycles. The van der Waals surface area contributed by atoms with Gasteiger partial charge in [-0.25, -0.2) is 4.98 Å². The van der Waals surface area contributed by atoms with E-state index in [1.807, 2.05) is 18.2 Å². The van der Waals surface area contributed by atoms with Gasteiger partial charge in [0, 0.05) is 56.2 Å². The Morgan fingerprint density at radius 2 is 1.91 bits per heavy atom. The van der Waals surface area contributed by atoms with E-state index in [-0.39, 0.29) is 30.7 Å². The summed E-state index contributed by atoms with van der Waals surface area (Å²) in [7, 11) is 0. The molecule has 2 aliphatic rings. The molecular weight excluding hydrogens is 444 g/mol. The Morgan fingerprint density at radius 3 is 2.64 bits per heavy atom. The van der Waals surface area contributed by atoms with Crippen molar-refractivity contribution in [3.8, 4) is 0 Å². The Morgan fingerprint density at radius 1 is 1.09 bits per heavy atom. The molecule has 0 radical (unpaired) electrons. The fraction of sp³-hybridized carbons (Fsp3) is 0.391. The lowest BCUT2D eigenvalue weighted by molar-refractivity contribution is -0.145. The minimum Gasteiger partial charge on any atom is -0.354 e. The Kier molecular flexibility index (Phi) is 7.41. The molecule has 0 unspecified atom stereocenters. The third-order valence-electron chi connectivity index (χ3n) is 5.84. The Balaban J connectivity index is 1.32. The van der Waals surface area contributed by atoms with Crippen LogP contribution in [0.4, 0.5) is 11.5 Å². The molecule has 33 heavy (non-hydrogen) atoms. The molecule has 2 saturated heterocycles. The van der Waals surface area contributed by atoms with Crippen LogP contribution < -0.4 is 15.5 Å². The van der Waals surface area contributed by atoms with Crippen molar-refractivity contribution in [1.82, 2.24) is 20.1 Å². The van der Waals surface area contributed by atoms with Crippen molar-refractivity contribution in [2.45, 2.75) is 12.5 Å². The van der Waals surface area contributed by atoms with Gasteiger partial charge in [0.1, 0.15) is 11.9 Å². The number of rotatable bonds is 6. The van der Waals surface area contributed by atoms with Gasteiger partial charge in [0.15, 0.2) is 0 Å². The van der Waals surface area contributed by atoms with Crippen LogP contribution in [0.3, 0.4) is 0 Å². The molecule has 4 rings (SSSR count). The van der Waals surface area contributed by atoms with Crippen LogP contribution in [-0.2, 0) is 14.4 Å². The number of piperazine rings is 2. The fourth-order valence-electron chi connectivity index (χ4n) is 4.13. The predicted molar refractivity (Wildman–Crippen MR) is 126 cm³/mol. The molecule has 1 aromatic heterocycles. The number of carbonyl (C=O) groups excluding carboxylic acids is 3. The maximum atomic E-state index is 13.1. The molecule has 2 aromatic rings. The molecule has 2 N–H and O–H groups in total. The first-order valence-corrected chi connectivity index (χ1v) is 11.4. The molecule has 3 amide bonds. The molecule has 1 aromatic carbocycles. The van der Waals surface area contributed by atoms with E-state index in [4.69, 9.17) is 11.6 Å². The normalized spacial score (nSPS) is 19.2. The third kappa shape index (κ3) is 6.00. The van der Waals surface area contributed by atoms with Crippen LogP contribution in [0.2, 0.25) is 5.02 Å². The molecule has 1 atom stereocenters. The summed E-state index contributed by atoms with van der Waals surface area (Å²) in [5, 5.41) is 6.01. The molecule has 10 heteroatoms. The zero-order chi connectivity index (χ0) is 23.2. The number of nitrogens with zero attached hydrogens (tertiary/aromatic N) is 4. The number of hydrogen-bond acceptors (Lipinski definition) is 6. The first kappa shape index (κ1) is 23.0. The lowest BCUT2D eigenvalue weighted by atomic mass is 10.1. The Bertz CT molecular complexity index is 997. The van der Waals surface area contributed by atoms with Crippen molar-refractivity contribution in [3.63, 3.8) is 0 Å². The van der Waals surface area contributed by atoms with Crippen LogP contribution in [-0.4, -0.2) is 84.4 Å². The average Bonchev–Trinajstić information content (AvgIpc) is 2.81. The Hall–Kier alpha value is -3.17. The number of halogens is 1. The SMILES string of the molecule is O=C(C[C@@H]1C(=O)NCCN1C(=O)CN1CCN(c2ccccn2)CC1)Nc1cccc(Cl)c1. The van der Waals surface area contributed by atoms with Crippen molar-refractivity contribution < 1.29 is 14.4 Å². The zero-order valence-corrected chi connectivity index (χ0v) is 19.0. The van der Waals surface area contributed by atoms with E-state index in [1.54, 1.807) is 30.5 Å². The summed E-state index contributed by atoms with van der Waals surface area (Å²) in [4.78, 5) is 48.4. The van der Waals surface area contributed by atoms with Crippen LogP contribution >= 0.6 is 11.6 Å². The van der Waals surface area contributed by atoms with Gasteiger partial charge in [-0.15, -0.1) is 0 Å². The van der Waals surface area contributed by atoms with Crippen LogP contribution in [0.25, 0.3) is 0 Å². The molecule has 174 valence electrons. The molecule has 2 aliphatic heterocycles. The van der Waals surface area contributed by atoms with E-state index in [0.29, 0.717) is 23.8 Å². The number of carbonyl (C=O) groups is 3. The minimum absolute atomic E-state index is 0.114. The monoisotopic (exact) mass is 470 g/mol.